The van der Waals surface area contributed by atoms with Crippen molar-refractivity contribution in [2.45, 2.75) is 213 Å². The summed E-state index contributed by atoms with van der Waals surface area (Å²) >= 11 is 0. The second-order valence-electron chi connectivity index (χ2n) is 12.9. The molecule has 0 aliphatic heterocycles. The van der Waals surface area contributed by atoms with Crippen molar-refractivity contribution >= 4 is 0 Å². The molecule has 0 N–H and O–H groups in total. The fourth-order valence-corrected chi connectivity index (χ4v) is 6.28. The molecule has 0 bridgehead atoms. The van der Waals surface area contributed by atoms with Crippen LogP contribution >= 0.6 is 0 Å². The molecule has 0 fully saturated rings. The SMILES string of the molecule is CCCCCCCCCCCCCCCCC(CCCCCCCCCCCCCCCC)[n+]1ccn(C)c1.[Cl-]. The molecule has 1 heterocycles. The van der Waals surface area contributed by atoms with Crippen molar-refractivity contribution < 1.29 is 17.0 Å². The monoisotopic (exact) mass is 581 g/mol. The number of aromatic nitrogens is 2. The smallest absolute Gasteiger partial charge is 0.243 e. The van der Waals surface area contributed by atoms with Crippen LogP contribution in [0.3, 0.4) is 0 Å². The van der Waals surface area contributed by atoms with Gasteiger partial charge in [-0.1, -0.05) is 181 Å². The maximum Gasteiger partial charge on any atom is 0.243 e. The summed E-state index contributed by atoms with van der Waals surface area (Å²) in [6, 6.07) is 0.709. The van der Waals surface area contributed by atoms with Crippen LogP contribution in [0.25, 0.3) is 0 Å². The first-order valence-electron chi connectivity index (χ1n) is 18.3. The molecular formula is C37H73ClN2. The van der Waals surface area contributed by atoms with E-state index in [2.05, 4.69) is 48.8 Å². The zero-order valence-corrected chi connectivity index (χ0v) is 28.6. The highest BCUT2D eigenvalue weighted by Crippen LogP contribution is 2.20. The summed E-state index contributed by atoms with van der Waals surface area (Å²) in [6.07, 6.45) is 50.1. The summed E-state index contributed by atoms with van der Waals surface area (Å²) in [4.78, 5) is 0. The van der Waals surface area contributed by atoms with E-state index in [1.807, 2.05) is 0 Å². The third-order valence-corrected chi connectivity index (χ3v) is 8.99. The average Bonchev–Trinajstić information content (AvgIpc) is 3.38. The van der Waals surface area contributed by atoms with E-state index in [-0.39, 0.29) is 12.4 Å². The fraction of sp³-hybridized carbons (Fsp3) is 0.919. The van der Waals surface area contributed by atoms with Crippen molar-refractivity contribution in [3.05, 3.63) is 18.7 Å². The zero-order valence-electron chi connectivity index (χ0n) is 27.8. The van der Waals surface area contributed by atoms with Gasteiger partial charge < -0.3 is 12.4 Å². The van der Waals surface area contributed by atoms with Crippen molar-refractivity contribution in [1.29, 1.82) is 0 Å². The predicted octanol–water partition coefficient (Wildman–Crippen LogP) is 9.60. The van der Waals surface area contributed by atoms with Crippen LogP contribution in [0.15, 0.2) is 18.7 Å². The highest BCUT2D eigenvalue weighted by Gasteiger charge is 2.15. The number of halogens is 1. The Bertz CT molecular complexity index is 567. The minimum atomic E-state index is 0. The summed E-state index contributed by atoms with van der Waals surface area (Å²) < 4.78 is 4.72. The van der Waals surface area contributed by atoms with Gasteiger partial charge in [0.25, 0.3) is 0 Å². The van der Waals surface area contributed by atoms with E-state index in [1.165, 1.54) is 193 Å². The Morgan fingerprint density at radius 3 is 0.975 bits per heavy atom. The molecule has 0 amide bonds. The van der Waals surface area contributed by atoms with Crippen molar-refractivity contribution in [1.82, 2.24) is 4.57 Å². The maximum absolute atomic E-state index is 2.50. The van der Waals surface area contributed by atoms with Gasteiger partial charge >= 0.3 is 0 Å². The van der Waals surface area contributed by atoms with E-state index in [4.69, 9.17) is 0 Å². The molecule has 3 heteroatoms. The maximum atomic E-state index is 2.50. The zero-order chi connectivity index (χ0) is 28.1. The second-order valence-corrected chi connectivity index (χ2v) is 12.9. The van der Waals surface area contributed by atoms with Gasteiger partial charge in [0.15, 0.2) is 0 Å². The number of unbranched alkanes of at least 4 members (excludes halogenated alkanes) is 26. The van der Waals surface area contributed by atoms with Crippen molar-refractivity contribution in [2.24, 2.45) is 7.05 Å². The Morgan fingerprint density at radius 1 is 0.450 bits per heavy atom. The van der Waals surface area contributed by atoms with Crippen LogP contribution in [0.5, 0.6) is 0 Å². The number of imidazole rings is 1. The van der Waals surface area contributed by atoms with Gasteiger partial charge in [-0.05, 0) is 25.7 Å². The van der Waals surface area contributed by atoms with Crippen LogP contribution in [0.2, 0.25) is 0 Å². The minimum absolute atomic E-state index is 0. The molecule has 0 aliphatic carbocycles. The highest BCUT2D eigenvalue weighted by molar-refractivity contribution is 4.65. The van der Waals surface area contributed by atoms with Crippen LogP contribution in [0.1, 0.15) is 213 Å². The number of hydrogen-bond donors (Lipinski definition) is 0. The van der Waals surface area contributed by atoms with E-state index in [1.54, 1.807) is 0 Å². The van der Waals surface area contributed by atoms with E-state index in [0.29, 0.717) is 6.04 Å². The molecule has 1 aromatic heterocycles. The summed E-state index contributed by atoms with van der Waals surface area (Å²) in [5.41, 5.74) is 0. The number of hydrogen-bond acceptors (Lipinski definition) is 0. The first kappa shape index (κ1) is 39.5. The molecule has 0 saturated heterocycles. The summed E-state index contributed by atoms with van der Waals surface area (Å²) in [6.45, 7) is 4.62. The van der Waals surface area contributed by atoms with Gasteiger partial charge in [-0.3, -0.25) is 0 Å². The molecule has 0 aromatic carbocycles. The first-order chi connectivity index (χ1) is 19.3. The molecule has 1 rings (SSSR count). The molecule has 0 aliphatic rings. The van der Waals surface area contributed by atoms with Crippen LogP contribution in [0.4, 0.5) is 0 Å². The van der Waals surface area contributed by atoms with E-state index in [0.717, 1.165) is 0 Å². The van der Waals surface area contributed by atoms with Crippen molar-refractivity contribution in [2.75, 3.05) is 0 Å². The minimum Gasteiger partial charge on any atom is -1.00 e. The Hall–Kier alpha value is -0.500. The lowest BCUT2D eigenvalue weighted by atomic mass is 9.99. The molecule has 0 spiro atoms. The van der Waals surface area contributed by atoms with E-state index < -0.39 is 0 Å². The van der Waals surface area contributed by atoms with E-state index in [9.17, 15) is 0 Å². The Morgan fingerprint density at radius 2 is 0.725 bits per heavy atom. The summed E-state index contributed by atoms with van der Waals surface area (Å²) in [7, 11) is 2.16. The van der Waals surface area contributed by atoms with Crippen LogP contribution < -0.4 is 17.0 Å². The lowest BCUT2D eigenvalue weighted by Gasteiger charge is -2.14. The van der Waals surface area contributed by atoms with Gasteiger partial charge in [0.2, 0.25) is 6.33 Å². The molecule has 0 saturated carbocycles. The van der Waals surface area contributed by atoms with Gasteiger partial charge in [0, 0.05) is 0 Å². The van der Waals surface area contributed by atoms with Gasteiger partial charge in [0.1, 0.15) is 18.4 Å². The Labute approximate surface area is 259 Å². The van der Waals surface area contributed by atoms with Crippen molar-refractivity contribution in [3.63, 3.8) is 0 Å². The summed E-state index contributed by atoms with van der Waals surface area (Å²) in [5.74, 6) is 0. The average molecular weight is 581 g/mol. The van der Waals surface area contributed by atoms with Crippen molar-refractivity contribution in [3.8, 4) is 0 Å². The number of aryl methyl sites for hydroxylation is 1. The van der Waals surface area contributed by atoms with Crippen LogP contribution in [-0.4, -0.2) is 4.57 Å². The topological polar surface area (TPSA) is 8.81 Å². The molecule has 2 nitrogen and oxygen atoms in total. The molecular weight excluding hydrogens is 508 g/mol. The standard InChI is InChI=1S/C37H73N2.ClH/c1-4-6-8-10-12-14-16-18-20-22-24-26-28-30-32-37(39-35-34-38(3)36-39)33-31-29-27-25-23-21-19-17-15-13-11-9-7-5-2;/h34-37H,4-33H2,1-3H3;1H/q+1;/p-1. The molecule has 40 heavy (non-hydrogen) atoms. The normalized spacial score (nSPS) is 11.4. The number of rotatable bonds is 31. The Balaban J connectivity index is 0.0000152. The molecule has 238 valence electrons. The van der Waals surface area contributed by atoms with Gasteiger partial charge in [-0.15, -0.1) is 0 Å². The summed E-state index contributed by atoms with van der Waals surface area (Å²) in [5, 5.41) is 0. The molecule has 1 aromatic rings. The van der Waals surface area contributed by atoms with E-state index >= 15 is 0 Å². The third kappa shape index (κ3) is 25.2. The molecule has 0 unspecified atom stereocenters. The first-order valence-corrected chi connectivity index (χ1v) is 18.3. The molecule has 0 atom stereocenters. The number of nitrogens with zero attached hydrogens (tertiary/aromatic N) is 2. The van der Waals surface area contributed by atoms with Gasteiger partial charge in [0.05, 0.1) is 7.05 Å². The third-order valence-electron chi connectivity index (χ3n) is 8.99. The van der Waals surface area contributed by atoms with Crippen LogP contribution in [0, 0.1) is 0 Å². The lowest BCUT2D eigenvalue weighted by molar-refractivity contribution is -0.724. The molecule has 0 radical (unpaired) electrons. The van der Waals surface area contributed by atoms with Gasteiger partial charge in [-0.2, -0.15) is 0 Å². The quantitative estimate of drug-likeness (QED) is 0.0610. The second kappa shape index (κ2) is 31.4. The van der Waals surface area contributed by atoms with Crippen LogP contribution in [-0.2, 0) is 7.05 Å². The Kier molecular flexibility index (Phi) is 31.0. The van der Waals surface area contributed by atoms with Gasteiger partial charge in [-0.25, -0.2) is 9.13 Å². The largest absolute Gasteiger partial charge is 1.00 e. The predicted molar refractivity (Wildman–Crippen MR) is 175 cm³/mol. The fourth-order valence-electron chi connectivity index (χ4n) is 6.28. The highest BCUT2D eigenvalue weighted by atomic mass is 35.5. The lowest BCUT2D eigenvalue weighted by Crippen LogP contribution is -3.00.